The number of nitrogens with one attached hydrogen (secondary N) is 1. The summed E-state index contributed by atoms with van der Waals surface area (Å²) in [4.78, 5) is 11.7. The summed E-state index contributed by atoms with van der Waals surface area (Å²) >= 11 is 0. The van der Waals surface area contributed by atoms with Crippen LogP contribution in [0.3, 0.4) is 0 Å². The normalized spacial score (nSPS) is 20.7. The maximum absolute atomic E-state index is 12.5. The van der Waals surface area contributed by atoms with E-state index in [1.54, 1.807) is 13.8 Å². The second kappa shape index (κ2) is 4.93. The molecule has 1 N–H and O–H groups in total. The summed E-state index contributed by atoms with van der Waals surface area (Å²) in [6.45, 7) is 3.80. The maximum atomic E-state index is 12.5. The Bertz CT molecular complexity index is 574. The minimum atomic E-state index is -3.60. The summed E-state index contributed by atoms with van der Waals surface area (Å²) in [6, 6.07) is 0. The average molecular weight is 287 g/mol. The van der Waals surface area contributed by atoms with Gasteiger partial charge in [-0.3, -0.25) is 9.89 Å². The second-order valence-electron chi connectivity index (χ2n) is 4.63. The predicted molar refractivity (Wildman–Crippen MR) is 66.9 cm³/mol. The third kappa shape index (κ3) is 2.37. The van der Waals surface area contributed by atoms with Crippen LogP contribution in [-0.4, -0.2) is 49.1 Å². The summed E-state index contributed by atoms with van der Waals surface area (Å²) < 4.78 is 31.0. The fraction of sp³-hybridized carbons (Fsp3) is 0.636. The third-order valence-corrected chi connectivity index (χ3v) is 5.47. The first-order valence-electron chi connectivity index (χ1n) is 5.97. The van der Waals surface area contributed by atoms with Gasteiger partial charge < -0.3 is 4.74 Å². The van der Waals surface area contributed by atoms with Crippen molar-refractivity contribution < 1.29 is 17.9 Å². The van der Waals surface area contributed by atoms with Crippen molar-refractivity contribution >= 4 is 16.0 Å². The highest BCUT2D eigenvalue weighted by Gasteiger charge is 2.38. The van der Waals surface area contributed by atoms with Gasteiger partial charge in [0.15, 0.2) is 0 Å². The lowest BCUT2D eigenvalue weighted by Crippen LogP contribution is -2.31. The van der Waals surface area contributed by atoms with E-state index in [0.29, 0.717) is 24.4 Å². The van der Waals surface area contributed by atoms with E-state index in [-0.39, 0.29) is 23.3 Å². The van der Waals surface area contributed by atoms with E-state index in [4.69, 9.17) is 0 Å². The molecule has 0 spiro atoms. The van der Waals surface area contributed by atoms with Gasteiger partial charge in [0.25, 0.3) is 0 Å². The van der Waals surface area contributed by atoms with Crippen molar-refractivity contribution in [1.29, 1.82) is 0 Å². The van der Waals surface area contributed by atoms with Crippen LogP contribution < -0.4 is 0 Å². The van der Waals surface area contributed by atoms with Crippen molar-refractivity contribution in [2.24, 2.45) is 5.92 Å². The zero-order chi connectivity index (χ0) is 14.2. The summed E-state index contributed by atoms with van der Waals surface area (Å²) in [7, 11) is -2.29. The molecule has 1 aliphatic heterocycles. The molecule has 0 aromatic carbocycles. The summed E-state index contributed by atoms with van der Waals surface area (Å²) in [5.74, 6) is -0.745. The van der Waals surface area contributed by atoms with Gasteiger partial charge in [-0.25, -0.2) is 8.42 Å². The first kappa shape index (κ1) is 14.0. The van der Waals surface area contributed by atoms with Gasteiger partial charge in [-0.1, -0.05) is 0 Å². The molecular weight excluding hydrogens is 270 g/mol. The highest BCUT2D eigenvalue weighted by Crippen LogP contribution is 2.27. The van der Waals surface area contributed by atoms with Crippen LogP contribution in [0, 0.1) is 19.8 Å². The largest absolute Gasteiger partial charge is 0.469 e. The lowest BCUT2D eigenvalue weighted by molar-refractivity contribution is -0.144. The standard InChI is InChI=1S/C11H17N3O4S/c1-7-10(8(2)13-12-7)19(16,17)14-5-4-9(6-14)11(15)18-3/h9H,4-6H2,1-3H3,(H,12,13). The van der Waals surface area contributed by atoms with Crippen LogP contribution in [-0.2, 0) is 19.6 Å². The minimum absolute atomic E-state index is 0.166. The van der Waals surface area contributed by atoms with Crippen LogP contribution >= 0.6 is 0 Å². The number of hydrogen-bond acceptors (Lipinski definition) is 5. The van der Waals surface area contributed by atoms with Crippen molar-refractivity contribution in [2.45, 2.75) is 25.2 Å². The summed E-state index contributed by atoms with van der Waals surface area (Å²) in [5.41, 5.74) is 0.957. The smallest absolute Gasteiger partial charge is 0.310 e. The molecule has 2 rings (SSSR count). The average Bonchev–Trinajstić information content (AvgIpc) is 2.96. The Morgan fingerprint density at radius 1 is 1.47 bits per heavy atom. The Morgan fingerprint density at radius 3 is 2.68 bits per heavy atom. The van der Waals surface area contributed by atoms with Crippen LogP contribution in [0.4, 0.5) is 0 Å². The van der Waals surface area contributed by atoms with Crippen LogP contribution in [0.1, 0.15) is 17.8 Å². The van der Waals surface area contributed by atoms with E-state index in [0.717, 1.165) is 0 Å². The number of hydrogen-bond donors (Lipinski definition) is 1. The molecule has 0 saturated carbocycles. The number of esters is 1. The van der Waals surface area contributed by atoms with Gasteiger partial charge in [0.05, 0.1) is 24.4 Å². The van der Waals surface area contributed by atoms with Gasteiger partial charge >= 0.3 is 5.97 Å². The Hall–Kier alpha value is -1.41. The number of sulfonamides is 1. The Balaban J connectivity index is 2.26. The van der Waals surface area contributed by atoms with Crippen molar-refractivity contribution in [3.8, 4) is 0 Å². The fourth-order valence-electron chi connectivity index (χ4n) is 2.36. The van der Waals surface area contributed by atoms with Crippen LogP contribution in [0.5, 0.6) is 0 Å². The molecule has 1 aromatic rings. The zero-order valence-corrected chi connectivity index (χ0v) is 12.0. The van der Waals surface area contributed by atoms with E-state index in [9.17, 15) is 13.2 Å². The number of aryl methyl sites for hydroxylation is 2. The number of rotatable bonds is 3. The number of ether oxygens (including phenoxy) is 1. The molecule has 1 unspecified atom stereocenters. The molecule has 8 heteroatoms. The van der Waals surface area contributed by atoms with Crippen LogP contribution in [0.15, 0.2) is 4.90 Å². The number of carbonyl (C=O) groups is 1. The first-order chi connectivity index (χ1) is 8.87. The number of carbonyl (C=O) groups excluding carboxylic acids is 1. The van der Waals surface area contributed by atoms with E-state index < -0.39 is 10.0 Å². The third-order valence-electron chi connectivity index (χ3n) is 3.34. The maximum Gasteiger partial charge on any atom is 0.310 e. The minimum Gasteiger partial charge on any atom is -0.469 e. The monoisotopic (exact) mass is 287 g/mol. The van der Waals surface area contributed by atoms with Gasteiger partial charge in [-0.05, 0) is 20.3 Å². The van der Waals surface area contributed by atoms with Gasteiger partial charge in [0.2, 0.25) is 10.0 Å². The van der Waals surface area contributed by atoms with E-state index in [2.05, 4.69) is 14.9 Å². The molecule has 1 fully saturated rings. The molecule has 7 nitrogen and oxygen atoms in total. The lowest BCUT2D eigenvalue weighted by atomic mass is 10.1. The predicted octanol–water partition coefficient (Wildman–Crippen LogP) is 0.210. The topological polar surface area (TPSA) is 92.4 Å². The van der Waals surface area contributed by atoms with E-state index in [1.807, 2.05) is 0 Å². The molecule has 1 atom stereocenters. The molecule has 0 aliphatic carbocycles. The van der Waals surface area contributed by atoms with Crippen LogP contribution in [0.25, 0.3) is 0 Å². The Labute approximate surface area is 112 Å². The molecule has 19 heavy (non-hydrogen) atoms. The van der Waals surface area contributed by atoms with Gasteiger partial charge in [0, 0.05) is 13.1 Å². The fourth-order valence-corrected chi connectivity index (χ4v) is 4.19. The molecule has 0 radical (unpaired) electrons. The lowest BCUT2D eigenvalue weighted by Gasteiger charge is -2.16. The van der Waals surface area contributed by atoms with E-state index in [1.165, 1.54) is 11.4 Å². The molecule has 1 aliphatic rings. The molecule has 1 aromatic heterocycles. The first-order valence-corrected chi connectivity index (χ1v) is 7.41. The molecular formula is C11H17N3O4S. The SMILES string of the molecule is COC(=O)C1CCN(S(=O)(=O)c2c(C)n[nH]c2C)C1. The highest BCUT2D eigenvalue weighted by atomic mass is 32.2. The quantitative estimate of drug-likeness (QED) is 0.802. The molecule has 106 valence electrons. The number of aromatic amines is 1. The number of aromatic nitrogens is 2. The van der Waals surface area contributed by atoms with E-state index >= 15 is 0 Å². The summed E-state index contributed by atoms with van der Waals surface area (Å²) in [6.07, 6.45) is 0.488. The Kier molecular flexibility index (Phi) is 3.64. The molecule has 1 saturated heterocycles. The van der Waals surface area contributed by atoms with Crippen molar-refractivity contribution in [2.75, 3.05) is 20.2 Å². The zero-order valence-electron chi connectivity index (χ0n) is 11.1. The molecule has 0 bridgehead atoms. The van der Waals surface area contributed by atoms with Crippen LogP contribution in [0.2, 0.25) is 0 Å². The van der Waals surface area contributed by atoms with Crippen molar-refractivity contribution in [1.82, 2.24) is 14.5 Å². The number of H-pyrrole nitrogens is 1. The van der Waals surface area contributed by atoms with Crippen molar-refractivity contribution in [3.05, 3.63) is 11.4 Å². The van der Waals surface area contributed by atoms with Gasteiger partial charge in [-0.2, -0.15) is 9.40 Å². The molecule has 0 amide bonds. The van der Waals surface area contributed by atoms with Gasteiger partial charge in [-0.15, -0.1) is 0 Å². The molecule has 2 heterocycles. The Morgan fingerprint density at radius 2 is 2.16 bits per heavy atom. The van der Waals surface area contributed by atoms with Crippen molar-refractivity contribution in [3.63, 3.8) is 0 Å². The van der Waals surface area contributed by atoms with Gasteiger partial charge in [0.1, 0.15) is 4.90 Å². The number of methoxy groups -OCH3 is 1. The highest BCUT2D eigenvalue weighted by molar-refractivity contribution is 7.89. The number of nitrogens with zero attached hydrogens (tertiary/aromatic N) is 2. The summed E-state index contributed by atoms with van der Waals surface area (Å²) in [5, 5.41) is 6.57. The second-order valence-corrected chi connectivity index (χ2v) is 6.51.